The summed E-state index contributed by atoms with van der Waals surface area (Å²) in [6.07, 6.45) is 4.88. The number of aromatic amines is 1. The van der Waals surface area contributed by atoms with E-state index in [0.29, 0.717) is 5.75 Å². The third kappa shape index (κ3) is 1.05. The highest BCUT2D eigenvalue weighted by Crippen LogP contribution is 2.16. The number of H-pyrrole nitrogens is 1. The van der Waals surface area contributed by atoms with E-state index in [2.05, 4.69) is 16.5 Å². The van der Waals surface area contributed by atoms with Crippen LogP contribution in [0.2, 0.25) is 0 Å². The number of nitrogens with one attached hydrogen (secondary N) is 1. The largest absolute Gasteiger partial charge is 0.464 e. The van der Waals surface area contributed by atoms with Gasteiger partial charge in [0.2, 0.25) is 0 Å². The Kier molecular flexibility index (Phi) is 1.55. The van der Waals surface area contributed by atoms with Gasteiger partial charge >= 0.3 is 0 Å². The molecule has 0 atom stereocenters. The lowest BCUT2D eigenvalue weighted by molar-refractivity contribution is 0.482. The summed E-state index contributed by atoms with van der Waals surface area (Å²) in [6, 6.07) is 3.85. The second-order valence-corrected chi connectivity index (χ2v) is 2.37. The van der Waals surface area contributed by atoms with Crippen LogP contribution in [-0.4, -0.2) is 9.97 Å². The van der Waals surface area contributed by atoms with Crippen LogP contribution in [0.1, 0.15) is 0 Å². The molecule has 0 bridgehead atoms. The monoisotopic (exact) mass is 160 g/mol. The smallest absolute Gasteiger partial charge is 0.145 e. The second-order valence-electron chi connectivity index (χ2n) is 2.37. The maximum atomic E-state index is 5.07. The summed E-state index contributed by atoms with van der Waals surface area (Å²) in [6.45, 7) is 3.47. The van der Waals surface area contributed by atoms with Gasteiger partial charge in [-0.3, -0.25) is 0 Å². The molecule has 2 aromatic heterocycles. The molecule has 0 amide bonds. The van der Waals surface area contributed by atoms with Crippen LogP contribution in [0, 0.1) is 0 Å². The maximum absolute atomic E-state index is 5.07. The van der Waals surface area contributed by atoms with Gasteiger partial charge in [0.25, 0.3) is 0 Å². The summed E-state index contributed by atoms with van der Waals surface area (Å²) in [5.74, 6) is 0.706. The number of aromatic nitrogens is 2. The van der Waals surface area contributed by atoms with E-state index in [4.69, 9.17) is 4.74 Å². The third-order valence-corrected chi connectivity index (χ3v) is 1.59. The Balaban J connectivity index is 2.52. The Morgan fingerprint density at radius 3 is 3.33 bits per heavy atom. The molecule has 0 saturated heterocycles. The van der Waals surface area contributed by atoms with Gasteiger partial charge in [0.1, 0.15) is 11.4 Å². The van der Waals surface area contributed by atoms with E-state index in [9.17, 15) is 0 Å². The van der Waals surface area contributed by atoms with Crippen molar-refractivity contribution in [2.24, 2.45) is 0 Å². The highest BCUT2D eigenvalue weighted by atomic mass is 16.5. The van der Waals surface area contributed by atoms with E-state index in [1.807, 2.05) is 18.3 Å². The number of fused-ring (bicyclic) bond motifs is 1. The van der Waals surface area contributed by atoms with Crippen LogP contribution >= 0.6 is 0 Å². The fraction of sp³-hybridized carbons (Fsp3) is 0. The first-order chi connectivity index (χ1) is 5.90. The molecule has 2 rings (SSSR count). The highest BCUT2D eigenvalue weighted by Gasteiger charge is 1.96. The van der Waals surface area contributed by atoms with Gasteiger partial charge < -0.3 is 9.72 Å². The molecule has 1 N–H and O–H groups in total. The molecule has 0 fully saturated rings. The molecule has 0 aliphatic carbocycles. The van der Waals surface area contributed by atoms with Crippen LogP contribution in [0.5, 0.6) is 5.75 Å². The molecule has 2 heterocycles. The summed E-state index contributed by atoms with van der Waals surface area (Å²) in [5.41, 5.74) is 0.867. The lowest BCUT2D eigenvalue weighted by Crippen LogP contribution is -1.82. The zero-order valence-electron chi connectivity index (χ0n) is 6.45. The molecule has 0 aromatic carbocycles. The summed E-state index contributed by atoms with van der Waals surface area (Å²) < 4.78 is 5.07. The Morgan fingerprint density at radius 2 is 2.50 bits per heavy atom. The Bertz CT molecular complexity index is 406. The molecular weight excluding hydrogens is 152 g/mol. The van der Waals surface area contributed by atoms with E-state index in [0.717, 1.165) is 11.0 Å². The number of hydrogen-bond acceptors (Lipinski definition) is 2. The normalized spacial score (nSPS) is 10.0. The zero-order valence-corrected chi connectivity index (χ0v) is 6.45. The SMILES string of the molecule is C=COc1cnc2[nH]ccc2c1. The highest BCUT2D eigenvalue weighted by molar-refractivity contribution is 5.76. The average Bonchev–Trinajstić information content (AvgIpc) is 2.51. The Labute approximate surface area is 69.7 Å². The van der Waals surface area contributed by atoms with E-state index in [1.54, 1.807) is 6.20 Å². The first-order valence-electron chi connectivity index (χ1n) is 3.61. The molecule has 0 unspecified atom stereocenters. The molecule has 60 valence electrons. The summed E-state index contributed by atoms with van der Waals surface area (Å²) in [7, 11) is 0. The van der Waals surface area contributed by atoms with Crippen molar-refractivity contribution in [2.75, 3.05) is 0 Å². The molecule has 0 spiro atoms. The van der Waals surface area contributed by atoms with Crippen molar-refractivity contribution >= 4 is 11.0 Å². The minimum absolute atomic E-state index is 0.706. The lowest BCUT2D eigenvalue weighted by atomic mass is 10.3. The lowest BCUT2D eigenvalue weighted by Gasteiger charge is -1.97. The molecule has 3 nitrogen and oxygen atoms in total. The molecule has 0 aliphatic rings. The van der Waals surface area contributed by atoms with Crippen LogP contribution in [0.3, 0.4) is 0 Å². The quantitative estimate of drug-likeness (QED) is 0.683. The third-order valence-electron chi connectivity index (χ3n) is 1.59. The second kappa shape index (κ2) is 2.70. The van der Waals surface area contributed by atoms with Crippen LogP contribution in [0.4, 0.5) is 0 Å². The molecule has 12 heavy (non-hydrogen) atoms. The van der Waals surface area contributed by atoms with Gasteiger partial charge in [-0.15, -0.1) is 0 Å². The van der Waals surface area contributed by atoms with Gasteiger partial charge in [-0.25, -0.2) is 4.98 Å². The molecule has 0 radical (unpaired) electrons. The molecular formula is C9H8N2O. The van der Waals surface area contributed by atoms with Gasteiger partial charge in [0, 0.05) is 11.6 Å². The van der Waals surface area contributed by atoms with Gasteiger partial charge in [0.05, 0.1) is 12.5 Å². The van der Waals surface area contributed by atoms with Gasteiger partial charge in [-0.1, -0.05) is 6.58 Å². The molecule has 2 aromatic rings. The van der Waals surface area contributed by atoms with Crippen molar-refractivity contribution in [1.82, 2.24) is 9.97 Å². The number of ether oxygens (including phenoxy) is 1. The average molecular weight is 160 g/mol. The van der Waals surface area contributed by atoms with E-state index >= 15 is 0 Å². The van der Waals surface area contributed by atoms with Crippen molar-refractivity contribution in [3.05, 3.63) is 37.4 Å². The van der Waals surface area contributed by atoms with Gasteiger partial charge in [-0.2, -0.15) is 0 Å². The van der Waals surface area contributed by atoms with Crippen LogP contribution in [0.25, 0.3) is 11.0 Å². The number of pyridine rings is 1. The van der Waals surface area contributed by atoms with Crippen molar-refractivity contribution in [1.29, 1.82) is 0 Å². The van der Waals surface area contributed by atoms with E-state index in [-0.39, 0.29) is 0 Å². The maximum Gasteiger partial charge on any atom is 0.145 e. The molecule has 0 aliphatic heterocycles. The molecule has 0 saturated carbocycles. The minimum Gasteiger partial charge on any atom is -0.464 e. The van der Waals surface area contributed by atoms with E-state index in [1.165, 1.54) is 6.26 Å². The zero-order chi connectivity index (χ0) is 8.39. The predicted molar refractivity (Wildman–Crippen MR) is 46.9 cm³/mol. The van der Waals surface area contributed by atoms with Crippen LogP contribution < -0.4 is 4.74 Å². The van der Waals surface area contributed by atoms with Crippen molar-refractivity contribution in [3.8, 4) is 5.75 Å². The fourth-order valence-electron chi connectivity index (χ4n) is 1.08. The standard InChI is InChI=1S/C9H8N2O/c1-2-12-8-5-7-3-4-10-9(7)11-6-8/h2-6H,1H2,(H,10,11). The molecule has 3 heteroatoms. The van der Waals surface area contributed by atoms with E-state index < -0.39 is 0 Å². The predicted octanol–water partition coefficient (Wildman–Crippen LogP) is 2.09. The van der Waals surface area contributed by atoms with Crippen molar-refractivity contribution in [2.45, 2.75) is 0 Å². The topological polar surface area (TPSA) is 37.9 Å². The van der Waals surface area contributed by atoms with Gasteiger partial charge in [0.15, 0.2) is 0 Å². The van der Waals surface area contributed by atoms with Crippen molar-refractivity contribution < 1.29 is 4.74 Å². The summed E-state index contributed by atoms with van der Waals surface area (Å²) in [4.78, 5) is 7.13. The van der Waals surface area contributed by atoms with Gasteiger partial charge in [-0.05, 0) is 12.1 Å². The summed E-state index contributed by atoms with van der Waals surface area (Å²) >= 11 is 0. The first kappa shape index (κ1) is 6.91. The van der Waals surface area contributed by atoms with Crippen molar-refractivity contribution in [3.63, 3.8) is 0 Å². The fourth-order valence-corrected chi connectivity index (χ4v) is 1.08. The summed E-state index contributed by atoms with van der Waals surface area (Å²) in [5, 5.41) is 1.04. The number of nitrogens with zero attached hydrogens (tertiary/aromatic N) is 1. The minimum atomic E-state index is 0.706. The number of rotatable bonds is 2. The first-order valence-corrected chi connectivity index (χ1v) is 3.61. The number of hydrogen-bond donors (Lipinski definition) is 1. The van der Waals surface area contributed by atoms with Crippen LogP contribution in [0.15, 0.2) is 37.4 Å². The van der Waals surface area contributed by atoms with Crippen LogP contribution in [-0.2, 0) is 0 Å². The Morgan fingerprint density at radius 1 is 1.58 bits per heavy atom. The Hall–Kier alpha value is -1.77.